The highest BCUT2D eigenvalue weighted by molar-refractivity contribution is 5.36. The van der Waals surface area contributed by atoms with Crippen molar-refractivity contribution in [3.8, 4) is 5.75 Å². The molecule has 0 amide bonds. The van der Waals surface area contributed by atoms with E-state index in [9.17, 15) is 25.4 Å². The van der Waals surface area contributed by atoms with Gasteiger partial charge in [0, 0.05) is 19.2 Å². The molecule has 0 spiro atoms. The fourth-order valence-corrected chi connectivity index (χ4v) is 2.10. The molecule has 0 unspecified atom stereocenters. The van der Waals surface area contributed by atoms with Crippen LogP contribution in [-0.4, -0.2) is 64.7 Å². The first kappa shape index (κ1) is 16.6. The molecule has 9 nitrogen and oxygen atoms in total. The van der Waals surface area contributed by atoms with Crippen LogP contribution in [0.3, 0.4) is 0 Å². The zero-order valence-electron chi connectivity index (χ0n) is 11.7. The van der Waals surface area contributed by atoms with Crippen LogP contribution in [0.4, 0.5) is 5.69 Å². The zero-order chi connectivity index (χ0) is 16.3. The van der Waals surface area contributed by atoms with Gasteiger partial charge in [-0.2, -0.15) is 0 Å². The Morgan fingerprint density at radius 3 is 2.36 bits per heavy atom. The lowest BCUT2D eigenvalue weighted by atomic mass is 9.99. The van der Waals surface area contributed by atoms with Crippen LogP contribution >= 0.6 is 0 Å². The number of nitro groups is 1. The van der Waals surface area contributed by atoms with Crippen LogP contribution in [-0.2, 0) is 9.47 Å². The largest absolute Gasteiger partial charge is 0.462 e. The first-order valence-electron chi connectivity index (χ1n) is 6.53. The number of rotatable bonds is 5. The molecule has 1 aliphatic rings. The summed E-state index contributed by atoms with van der Waals surface area (Å²) in [5, 5.41) is 40.0. The number of aliphatic hydroxyl groups excluding tert-OH is 3. The van der Waals surface area contributed by atoms with Gasteiger partial charge in [-0.3, -0.25) is 10.1 Å². The van der Waals surface area contributed by atoms with E-state index in [2.05, 4.69) is 0 Å². The number of methoxy groups -OCH3 is 1. The van der Waals surface area contributed by atoms with Gasteiger partial charge in [-0.05, 0) is 12.1 Å². The molecule has 122 valence electrons. The third kappa shape index (κ3) is 3.51. The second kappa shape index (κ2) is 6.99. The lowest BCUT2D eigenvalue weighted by Crippen LogP contribution is -2.60. The number of ether oxygens (including phenoxy) is 3. The minimum atomic E-state index is -1.47. The quantitative estimate of drug-likeness (QED) is 0.486. The predicted octanol–water partition coefficient (Wildman–Crippen LogP) is -0.572. The Hall–Kier alpha value is -1.78. The third-order valence-electron chi connectivity index (χ3n) is 3.30. The van der Waals surface area contributed by atoms with Crippen LogP contribution in [0.25, 0.3) is 0 Å². The first-order chi connectivity index (χ1) is 10.4. The average molecular weight is 315 g/mol. The van der Waals surface area contributed by atoms with E-state index in [1.54, 1.807) is 0 Å². The molecule has 9 heteroatoms. The van der Waals surface area contributed by atoms with Crippen LogP contribution in [0.5, 0.6) is 5.75 Å². The zero-order valence-corrected chi connectivity index (χ0v) is 11.7. The van der Waals surface area contributed by atoms with Gasteiger partial charge in [0.1, 0.15) is 30.2 Å². The monoisotopic (exact) mass is 315 g/mol. The summed E-state index contributed by atoms with van der Waals surface area (Å²) in [5.74, 6) is 0.217. The number of aliphatic hydroxyl groups is 3. The maximum Gasteiger partial charge on any atom is 0.269 e. The number of nitrogens with zero attached hydrogens (tertiary/aromatic N) is 1. The molecule has 2 rings (SSSR count). The van der Waals surface area contributed by atoms with Crippen molar-refractivity contribution in [1.82, 2.24) is 0 Å². The summed E-state index contributed by atoms with van der Waals surface area (Å²) in [6.45, 7) is 0.00503. The molecular formula is C13H17NO8. The van der Waals surface area contributed by atoms with Crippen molar-refractivity contribution in [2.45, 2.75) is 30.7 Å². The molecule has 0 aromatic heterocycles. The Balaban J connectivity index is 2.08. The second-order valence-corrected chi connectivity index (χ2v) is 4.84. The molecule has 0 saturated carbocycles. The van der Waals surface area contributed by atoms with Gasteiger partial charge in [-0.25, -0.2) is 0 Å². The van der Waals surface area contributed by atoms with Crippen molar-refractivity contribution >= 4 is 5.69 Å². The van der Waals surface area contributed by atoms with Crippen molar-refractivity contribution in [2.24, 2.45) is 0 Å². The van der Waals surface area contributed by atoms with Crippen LogP contribution in [0.15, 0.2) is 24.3 Å². The average Bonchev–Trinajstić information content (AvgIpc) is 2.50. The van der Waals surface area contributed by atoms with Crippen molar-refractivity contribution < 1.29 is 34.5 Å². The van der Waals surface area contributed by atoms with Crippen molar-refractivity contribution in [2.75, 3.05) is 13.7 Å². The van der Waals surface area contributed by atoms with Gasteiger partial charge in [0.2, 0.25) is 6.29 Å². The van der Waals surface area contributed by atoms with E-state index in [1.807, 2.05) is 0 Å². The normalized spacial score (nSPS) is 31.7. The highest BCUT2D eigenvalue weighted by Gasteiger charge is 2.44. The Morgan fingerprint density at radius 2 is 1.82 bits per heavy atom. The standard InChI is InChI=1S/C13H17NO8/c1-20-6-9-10(15)11(16)12(17)13(22-9)21-8-4-2-7(3-5-8)14(18)19/h2-5,9-13,15-17H,6H2,1H3/t9-,10-,11+,12-,13+/m1/s1. The molecule has 1 heterocycles. The van der Waals surface area contributed by atoms with Gasteiger partial charge in [0.25, 0.3) is 5.69 Å². The Bertz CT molecular complexity index is 507. The van der Waals surface area contributed by atoms with Gasteiger partial charge >= 0.3 is 0 Å². The smallest absolute Gasteiger partial charge is 0.269 e. The molecule has 0 bridgehead atoms. The van der Waals surface area contributed by atoms with Crippen LogP contribution in [0.1, 0.15) is 0 Å². The predicted molar refractivity (Wildman–Crippen MR) is 72.3 cm³/mol. The van der Waals surface area contributed by atoms with Gasteiger partial charge in [-0.1, -0.05) is 0 Å². The Kier molecular flexibility index (Phi) is 5.27. The number of hydrogen-bond donors (Lipinski definition) is 3. The minimum absolute atomic E-state index is 0.00503. The highest BCUT2D eigenvalue weighted by Crippen LogP contribution is 2.25. The lowest BCUT2D eigenvalue weighted by Gasteiger charge is -2.39. The summed E-state index contributed by atoms with van der Waals surface area (Å²) in [6.07, 6.45) is -6.35. The summed E-state index contributed by atoms with van der Waals surface area (Å²) >= 11 is 0. The van der Waals surface area contributed by atoms with Crippen molar-refractivity contribution in [1.29, 1.82) is 0 Å². The SMILES string of the molecule is COC[C@H]1O[C@H](Oc2ccc([N+](=O)[O-])cc2)[C@H](O)[C@@H](O)[C@@H]1O. The fourth-order valence-electron chi connectivity index (χ4n) is 2.10. The van der Waals surface area contributed by atoms with E-state index >= 15 is 0 Å². The van der Waals surface area contributed by atoms with E-state index < -0.39 is 35.6 Å². The summed E-state index contributed by atoms with van der Waals surface area (Å²) in [5.41, 5.74) is -0.106. The van der Waals surface area contributed by atoms with Gasteiger partial charge in [-0.15, -0.1) is 0 Å². The fraction of sp³-hybridized carbons (Fsp3) is 0.538. The summed E-state index contributed by atoms with van der Waals surface area (Å²) < 4.78 is 15.6. The van der Waals surface area contributed by atoms with Gasteiger partial charge in [0.15, 0.2) is 0 Å². The molecule has 1 aliphatic heterocycles. The van der Waals surface area contributed by atoms with E-state index in [0.29, 0.717) is 0 Å². The van der Waals surface area contributed by atoms with Crippen molar-refractivity contribution in [3.05, 3.63) is 34.4 Å². The molecule has 1 saturated heterocycles. The molecular weight excluding hydrogens is 298 g/mol. The van der Waals surface area contributed by atoms with E-state index in [4.69, 9.17) is 14.2 Å². The summed E-state index contributed by atoms with van der Waals surface area (Å²) in [7, 11) is 1.40. The number of non-ortho nitro benzene ring substituents is 1. The second-order valence-electron chi connectivity index (χ2n) is 4.84. The van der Waals surface area contributed by atoms with Crippen LogP contribution in [0.2, 0.25) is 0 Å². The molecule has 1 aromatic rings. The molecule has 0 aliphatic carbocycles. The first-order valence-corrected chi connectivity index (χ1v) is 6.53. The highest BCUT2D eigenvalue weighted by atomic mass is 16.7. The van der Waals surface area contributed by atoms with Crippen LogP contribution < -0.4 is 4.74 Å². The van der Waals surface area contributed by atoms with Crippen molar-refractivity contribution in [3.63, 3.8) is 0 Å². The summed E-state index contributed by atoms with van der Waals surface area (Å²) in [6, 6.07) is 5.17. The molecule has 0 radical (unpaired) electrons. The number of benzene rings is 1. The van der Waals surface area contributed by atoms with Gasteiger partial charge < -0.3 is 29.5 Å². The number of hydrogen-bond acceptors (Lipinski definition) is 8. The molecule has 1 aromatic carbocycles. The minimum Gasteiger partial charge on any atom is -0.462 e. The maximum atomic E-state index is 10.6. The lowest BCUT2D eigenvalue weighted by molar-refractivity contribution is -0.384. The Morgan fingerprint density at radius 1 is 1.18 bits per heavy atom. The van der Waals surface area contributed by atoms with E-state index in [1.165, 1.54) is 31.4 Å². The van der Waals surface area contributed by atoms with E-state index in [-0.39, 0.29) is 18.0 Å². The summed E-state index contributed by atoms with van der Waals surface area (Å²) in [4.78, 5) is 10.0. The molecule has 1 fully saturated rings. The topological polar surface area (TPSA) is 132 Å². The number of nitro benzene ring substituents is 1. The van der Waals surface area contributed by atoms with Gasteiger partial charge in [0.05, 0.1) is 11.5 Å². The Labute approximate surface area is 125 Å². The molecule has 3 N–H and O–H groups in total. The van der Waals surface area contributed by atoms with E-state index in [0.717, 1.165) is 0 Å². The maximum absolute atomic E-state index is 10.6. The third-order valence-corrected chi connectivity index (χ3v) is 3.30. The molecule has 22 heavy (non-hydrogen) atoms. The molecule has 5 atom stereocenters. The van der Waals surface area contributed by atoms with Crippen LogP contribution in [0, 0.1) is 10.1 Å².